The van der Waals surface area contributed by atoms with Crippen LogP contribution in [-0.2, 0) is 24.2 Å². The van der Waals surface area contributed by atoms with Gasteiger partial charge in [-0.3, -0.25) is 4.79 Å². The van der Waals surface area contributed by atoms with Crippen LogP contribution < -0.4 is 14.5 Å². The van der Waals surface area contributed by atoms with Gasteiger partial charge in [0.05, 0.1) is 25.8 Å². The van der Waals surface area contributed by atoms with Crippen molar-refractivity contribution in [2.75, 3.05) is 49.6 Å². The molecule has 2 saturated heterocycles. The highest BCUT2D eigenvalue weighted by Gasteiger charge is 2.30. The summed E-state index contributed by atoms with van der Waals surface area (Å²) in [4.78, 5) is 29.8. The Kier molecular flexibility index (Phi) is 5.66. The van der Waals surface area contributed by atoms with E-state index in [9.17, 15) is 4.79 Å². The molecule has 4 heterocycles. The third-order valence-corrected chi connectivity index (χ3v) is 6.69. The zero-order valence-electron chi connectivity index (χ0n) is 18.3. The summed E-state index contributed by atoms with van der Waals surface area (Å²) >= 11 is 0. The lowest BCUT2D eigenvalue weighted by atomic mass is 10.0. The van der Waals surface area contributed by atoms with E-state index in [0.29, 0.717) is 13.0 Å². The Bertz CT molecular complexity index is 934. The Balaban J connectivity index is 1.37. The highest BCUT2D eigenvalue weighted by molar-refractivity contribution is 5.79. The van der Waals surface area contributed by atoms with Crippen molar-refractivity contribution >= 4 is 17.7 Å². The van der Waals surface area contributed by atoms with Crippen LogP contribution in [0.2, 0.25) is 0 Å². The number of anilines is 2. The van der Waals surface area contributed by atoms with Crippen LogP contribution in [0.1, 0.15) is 42.5 Å². The number of carbonyl (C=O) groups excluding carboxylic acids is 1. The summed E-state index contributed by atoms with van der Waals surface area (Å²) in [5.41, 5.74) is 3.29. The molecule has 1 aromatic carbocycles. The Labute approximate surface area is 184 Å². The highest BCUT2D eigenvalue weighted by atomic mass is 16.5. The Morgan fingerprint density at radius 3 is 2.29 bits per heavy atom. The fourth-order valence-corrected chi connectivity index (χ4v) is 4.88. The summed E-state index contributed by atoms with van der Waals surface area (Å²) in [5.74, 6) is 2.92. The van der Waals surface area contributed by atoms with Crippen molar-refractivity contribution in [1.82, 2.24) is 14.9 Å². The van der Waals surface area contributed by atoms with Gasteiger partial charge in [0.2, 0.25) is 11.9 Å². The number of hydrogen-bond donors (Lipinski definition) is 0. The van der Waals surface area contributed by atoms with Gasteiger partial charge in [-0.1, -0.05) is 12.1 Å². The molecule has 1 aromatic heterocycles. The summed E-state index contributed by atoms with van der Waals surface area (Å²) in [6.45, 7) is 5.51. The maximum absolute atomic E-state index is 13.1. The molecule has 1 amide bonds. The second-order valence-electron chi connectivity index (χ2n) is 8.75. The minimum Gasteiger partial charge on any atom is -0.497 e. The predicted octanol–water partition coefficient (Wildman–Crippen LogP) is 2.81. The van der Waals surface area contributed by atoms with Gasteiger partial charge in [0.25, 0.3) is 0 Å². The zero-order chi connectivity index (χ0) is 21.2. The van der Waals surface area contributed by atoms with Crippen LogP contribution in [0.15, 0.2) is 24.3 Å². The van der Waals surface area contributed by atoms with Gasteiger partial charge in [-0.15, -0.1) is 0 Å². The smallest absolute Gasteiger partial charge is 0.227 e. The SMILES string of the molecule is COc1ccc(CC(=O)N2CCc3nc(N4CCCC4)nc(N4CCCC4)c3C2)cc1. The van der Waals surface area contributed by atoms with Crippen LogP contribution in [0.5, 0.6) is 5.75 Å². The maximum atomic E-state index is 13.1. The molecule has 3 aliphatic rings. The Hall–Kier alpha value is -2.83. The number of aromatic nitrogens is 2. The molecule has 7 heteroatoms. The fourth-order valence-electron chi connectivity index (χ4n) is 4.88. The molecular weight excluding hydrogens is 390 g/mol. The van der Waals surface area contributed by atoms with E-state index in [1.165, 1.54) is 25.7 Å². The first-order valence-corrected chi connectivity index (χ1v) is 11.5. The van der Waals surface area contributed by atoms with E-state index >= 15 is 0 Å². The normalized spacial score (nSPS) is 18.4. The maximum Gasteiger partial charge on any atom is 0.227 e. The lowest BCUT2D eigenvalue weighted by molar-refractivity contribution is -0.131. The monoisotopic (exact) mass is 421 g/mol. The van der Waals surface area contributed by atoms with Crippen molar-refractivity contribution in [2.45, 2.75) is 45.1 Å². The summed E-state index contributed by atoms with van der Waals surface area (Å²) in [5, 5.41) is 0. The summed E-state index contributed by atoms with van der Waals surface area (Å²) < 4.78 is 5.22. The predicted molar refractivity (Wildman–Crippen MR) is 121 cm³/mol. The summed E-state index contributed by atoms with van der Waals surface area (Å²) in [7, 11) is 1.65. The number of rotatable bonds is 5. The fraction of sp³-hybridized carbons (Fsp3) is 0.542. The number of carbonyl (C=O) groups is 1. The van der Waals surface area contributed by atoms with Crippen molar-refractivity contribution in [2.24, 2.45) is 0 Å². The average molecular weight is 422 g/mol. The van der Waals surface area contributed by atoms with Crippen LogP contribution in [0.25, 0.3) is 0 Å². The lowest BCUT2D eigenvalue weighted by Crippen LogP contribution is -2.39. The molecular formula is C24H31N5O2. The lowest BCUT2D eigenvalue weighted by Gasteiger charge is -2.32. The van der Waals surface area contributed by atoms with Gasteiger partial charge in [-0.05, 0) is 43.4 Å². The van der Waals surface area contributed by atoms with E-state index in [0.717, 1.165) is 73.5 Å². The molecule has 0 radical (unpaired) electrons. The minimum absolute atomic E-state index is 0.159. The standard InChI is InChI=1S/C24H31N5O2/c1-31-19-8-6-18(7-9-19)16-22(30)29-15-10-21-20(17-29)23(27-11-2-3-12-27)26-24(25-21)28-13-4-5-14-28/h6-9H,2-5,10-17H2,1H3. The third kappa shape index (κ3) is 4.18. The number of amides is 1. The zero-order valence-corrected chi connectivity index (χ0v) is 18.3. The second-order valence-corrected chi connectivity index (χ2v) is 8.75. The first-order chi connectivity index (χ1) is 15.2. The number of methoxy groups -OCH3 is 1. The first kappa shape index (κ1) is 20.1. The molecule has 0 saturated carbocycles. The topological polar surface area (TPSA) is 61.8 Å². The van der Waals surface area contributed by atoms with Gasteiger partial charge >= 0.3 is 0 Å². The van der Waals surface area contributed by atoms with E-state index in [-0.39, 0.29) is 5.91 Å². The minimum atomic E-state index is 0.159. The quantitative estimate of drug-likeness (QED) is 0.740. The van der Waals surface area contributed by atoms with Crippen molar-refractivity contribution in [1.29, 1.82) is 0 Å². The summed E-state index contributed by atoms with van der Waals surface area (Å²) in [6, 6.07) is 7.76. The highest BCUT2D eigenvalue weighted by Crippen LogP contribution is 2.32. The Morgan fingerprint density at radius 2 is 1.61 bits per heavy atom. The van der Waals surface area contributed by atoms with Gasteiger partial charge < -0.3 is 19.4 Å². The van der Waals surface area contributed by atoms with Crippen molar-refractivity contribution < 1.29 is 9.53 Å². The van der Waals surface area contributed by atoms with E-state index in [1.807, 2.05) is 29.2 Å². The number of fused-ring (bicyclic) bond motifs is 1. The van der Waals surface area contributed by atoms with Gasteiger partial charge in [0.15, 0.2) is 0 Å². The molecule has 0 aliphatic carbocycles. The molecule has 0 spiro atoms. The van der Waals surface area contributed by atoms with Gasteiger partial charge in [0, 0.05) is 44.7 Å². The van der Waals surface area contributed by atoms with Crippen molar-refractivity contribution in [3.8, 4) is 5.75 Å². The van der Waals surface area contributed by atoms with Gasteiger partial charge in [0.1, 0.15) is 11.6 Å². The second kappa shape index (κ2) is 8.73. The van der Waals surface area contributed by atoms with Crippen LogP contribution in [-0.4, -0.2) is 60.6 Å². The number of ether oxygens (including phenoxy) is 1. The van der Waals surface area contributed by atoms with E-state index in [2.05, 4.69) is 9.80 Å². The molecule has 7 nitrogen and oxygen atoms in total. The molecule has 0 bridgehead atoms. The molecule has 5 rings (SSSR count). The molecule has 0 atom stereocenters. The molecule has 2 aromatic rings. The van der Waals surface area contributed by atoms with Crippen LogP contribution in [0.3, 0.4) is 0 Å². The van der Waals surface area contributed by atoms with Gasteiger partial charge in [-0.2, -0.15) is 4.98 Å². The van der Waals surface area contributed by atoms with E-state index < -0.39 is 0 Å². The molecule has 2 fully saturated rings. The van der Waals surface area contributed by atoms with Crippen molar-refractivity contribution in [3.63, 3.8) is 0 Å². The molecule has 31 heavy (non-hydrogen) atoms. The molecule has 164 valence electrons. The largest absolute Gasteiger partial charge is 0.497 e. The van der Waals surface area contributed by atoms with Crippen molar-refractivity contribution in [3.05, 3.63) is 41.1 Å². The molecule has 0 N–H and O–H groups in total. The summed E-state index contributed by atoms with van der Waals surface area (Å²) in [6.07, 6.45) is 6.05. The average Bonchev–Trinajstić information content (AvgIpc) is 3.53. The Morgan fingerprint density at radius 1 is 0.935 bits per heavy atom. The third-order valence-electron chi connectivity index (χ3n) is 6.69. The molecule has 0 unspecified atom stereocenters. The number of nitrogens with zero attached hydrogens (tertiary/aromatic N) is 5. The van der Waals surface area contributed by atoms with E-state index in [4.69, 9.17) is 14.7 Å². The van der Waals surface area contributed by atoms with Crippen LogP contribution in [0.4, 0.5) is 11.8 Å². The van der Waals surface area contributed by atoms with Crippen LogP contribution in [0, 0.1) is 0 Å². The number of benzene rings is 1. The number of hydrogen-bond acceptors (Lipinski definition) is 6. The first-order valence-electron chi connectivity index (χ1n) is 11.5. The van der Waals surface area contributed by atoms with Gasteiger partial charge in [-0.25, -0.2) is 4.98 Å². The van der Waals surface area contributed by atoms with E-state index in [1.54, 1.807) is 7.11 Å². The molecule has 3 aliphatic heterocycles. The van der Waals surface area contributed by atoms with Crippen LogP contribution >= 0.6 is 0 Å².